The Morgan fingerprint density at radius 2 is 1.36 bits per heavy atom. The second-order valence-electron chi connectivity index (χ2n) is 7.85. The molecule has 1 aliphatic heterocycles. The predicted octanol–water partition coefficient (Wildman–Crippen LogP) is 4.58. The molecule has 1 atom stereocenters. The van der Waals surface area contributed by atoms with E-state index in [9.17, 15) is 9.59 Å². The normalized spacial score (nSPS) is 15.4. The van der Waals surface area contributed by atoms with Gasteiger partial charge in [0.05, 0.1) is 11.1 Å². The highest BCUT2D eigenvalue weighted by Gasteiger charge is 2.36. The van der Waals surface area contributed by atoms with Gasteiger partial charge in [0.15, 0.2) is 0 Å². The topological polar surface area (TPSA) is 37.4 Å². The van der Waals surface area contributed by atoms with E-state index in [2.05, 4.69) is 45.0 Å². The quantitative estimate of drug-likeness (QED) is 0.750. The predicted molar refractivity (Wildman–Crippen MR) is 99.5 cm³/mol. The molecule has 0 N–H and O–H groups in total. The zero-order valence-electron chi connectivity index (χ0n) is 15.2. The molecular weight excluding hydrogens is 310 g/mol. The summed E-state index contributed by atoms with van der Waals surface area (Å²) in [6, 6.07) is 17.5. The third-order valence-electron chi connectivity index (χ3n) is 5.13. The van der Waals surface area contributed by atoms with E-state index in [0.717, 1.165) is 12.8 Å². The standard InChI is InChI=1S/C22H25NO2/c1-22(2,3)17(15-16-9-5-4-6-10-16)13-14-23-20(24)18-11-7-8-12-19(18)21(23)25/h4-12,17H,13-15H2,1-3H3. The van der Waals surface area contributed by atoms with Crippen molar-refractivity contribution >= 4 is 11.8 Å². The van der Waals surface area contributed by atoms with E-state index in [-0.39, 0.29) is 17.2 Å². The first-order valence-electron chi connectivity index (χ1n) is 8.87. The van der Waals surface area contributed by atoms with Crippen molar-refractivity contribution in [1.29, 1.82) is 0 Å². The Morgan fingerprint density at radius 1 is 0.840 bits per heavy atom. The molecule has 0 spiro atoms. The number of hydrogen-bond donors (Lipinski definition) is 0. The van der Waals surface area contributed by atoms with Gasteiger partial charge >= 0.3 is 0 Å². The Bertz CT molecular complexity index is 739. The largest absolute Gasteiger partial charge is 0.274 e. The molecule has 0 radical (unpaired) electrons. The van der Waals surface area contributed by atoms with Crippen LogP contribution in [0.1, 0.15) is 53.5 Å². The van der Waals surface area contributed by atoms with E-state index in [1.165, 1.54) is 10.5 Å². The van der Waals surface area contributed by atoms with E-state index in [4.69, 9.17) is 0 Å². The lowest BCUT2D eigenvalue weighted by Gasteiger charge is -2.32. The van der Waals surface area contributed by atoms with Gasteiger partial charge in [0, 0.05) is 6.54 Å². The summed E-state index contributed by atoms with van der Waals surface area (Å²) in [5.41, 5.74) is 2.46. The lowest BCUT2D eigenvalue weighted by Crippen LogP contribution is -2.34. The third-order valence-corrected chi connectivity index (χ3v) is 5.13. The van der Waals surface area contributed by atoms with Crippen molar-refractivity contribution in [2.75, 3.05) is 6.54 Å². The van der Waals surface area contributed by atoms with Crippen LogP contribution >= 0.6 is 0 Å². The first-order chi connectivity index (χ1) is 11.9. The van der Waals surface area contributed by atoms with Crippen LogP contribution in [-0.2, 0) is 6.42 Å². The molecule has 1 heterocycles. The lowest BCUT2D eigenvalue weighted by molar-refractivity contribution is 0.0631. The van der Waals surface area contributed by atoms with Crippen LogP contribution in [0.5, 0.6) is 0 Å². The molecule has 0 fully saturated rings. The van der Waals surface area contributed by atoms with Crippen molar-refractivity contribution in [3.8, 4) is 0 Å². The second-order valence-corrected chi connectivity index (χ2v) is 7.85. The zero-order valence-corrected chi connectivity index (χ0v) is 15.2. The van der Waals surface area contributed by atoms with Gasteiger partial charge in [-0.05, 0) is 41.9 Å². The summed E-state index contributed by atoms with van der Waals surface area (Å²) in [6.45, 7) is 7.15. The van der Waals surface area contributed by atoms with Gasteiger partial charge in [0.1, 0.15) is 0 Å². The fourth-order valence-corrected chi connectivity index (χ4v) is 3.47. The molecular formula is C22H25NO2. The highest BCUT2D eigenvalue weighted by molar-refractivity contribution is 6.21. The number of carbonyl (C=O) groups excluding carboxylic acids is 2. The molecule has 0 saturated heterocycles. The van der Waals surface area contributed by atoms with Gasteiger partial charge in [-0.3, -0.25) is 14.5 Å². The third kappa shape index (κ3) is 3.65. The van der Waals surface area contributed by atoms with Crippen molar-refractivity contribution in [3.05, 3.63) is 71.3 Å². The molecule has 25 heavy (non-hydrogen) atoms. The maximum atomic E-state index is 12.5. The Morgan fingerprint density at radius 3 is 1.88 bits per heavy atom. The van der Waals surface area contributed by atoms with Gasteiger partial charge in [-0.1, -0.05) is 63.2 Å². The monoisotopic (exact) mass is 335 g/mol. The van der Waals surface area contributed by atoms with E-state index in [0.29, 0.717) is 23.6 Å². The van der Waals surface area contributed by atoms with Crippen LogP contribution in [-0.4, -0.2) is 23.3 Å². The molecule has 0 aromatic heterocycles. The number of fused-ring (bicyclic) bond motifs is 1. The zero-order chi connectivity index (χ0) is 18.0. The van der Waals surface area contributed by atoms with Gasteiger partial charge in [0.2, 0.25) is 0 Å². The van der Waals surface area contributed by atoms with Crippen LogP contribution in [0.4, 0.5) is 0 Å². The lowest BCUT2D eigenvalue weighted by atomic mass is 9.75. The van der Waals surface area contributed by atoms with Crippen LogP contribution in [0.2, 0.25) is 0 Å². The van der Waals surface area contributed by atoms with Crippen LogP contribution in [0, 0.1) is 11.3 Å². The fourth-order valence-electron chi connectivity index (χ4n) is 3.47. The molecule has 0 aliphatic carbocycles. The number of hydrogen-bond acceptors (Lipinski definition) is 2. The molecule has 1 aliphatic rings. The first-order valence-corrected chi connectivity index (χ1v) is 8.87. The molecule has 2 aromatic rings. The summed E-state index contributed by atoms with van der Waals surface area (Å²) in [5, 5.41) is 0. The van der Waals surface area contributed by atoms with Crippen molar-refractivity contribution in [2.24, 2.45) is 11.3 Å². The Balaban J connectivity index is 1.72. The highest BCUT2D eigenvalue weighted by Crippen LogP contribution is 2.33. The summed E-state index contributed by atoms with van der Waals surface area (Å²) in [7, 11) is 0. The van der Waals surface area contributed by atoms with E-state index in [1.807, 2.05) is 6.07 Å². The maximum Gasteiger partial charge on any atom is 0.261 e. The summed E-state index contributed by atoms with van der Waals surface area (Å²) in [5.74, 6) is 0.0696. The molecule has 3 nitrogen and oxygen atoms in total. The van der Waals surface area contributed by atoms with Gasteiger partial charge in [0.25, 0.3) is 11.8 Å². The van der Waals surface area contributed by atoms with E-state index < -0.39 is 0 Å². The molecule has 0 saturated carbocycles. The van der Waals surface area contributed by atoms with Crippen molar-refractivity contribution in [2.45, 2.75) is 33.6 Å². The van der Waals surface area contributed by atoms with E-state index >= 15 is 0 Å². The first kappa shape index (κ1) is 17.4. The Labute approximate surface area is 149 Å². The molecule has 2 aromatic carbocycles. The van der Waals surface area contributed by atoms with Gasteiger partial charge in [-0.15, -0.1) is 0 Å². The number of benzene rings is 2. The minimum atomic E-state index is -0.159. The van der Waals surface area contributed by atoms with Crippen LogP contribution < -0.4 is 0 Å². The minimum Gasteiger partial charge on any atom is -0.274 e. The number of amides is 2. The molecule has 3 heteroatoms. The molecule has 3 rings (SSSR count). The van der Waals surface area contributed by atoms with Crippen molar-refractivity contribution in [3.63, 3.8) is 0 Å². The fraction of sp³-hybridized carbons (Fsp3) is 0.364. The summed E-state index contributed by atoms with van der Waals surface area (Å²) >= 11 is 0. The van der Waals surface area contributed by atoms with Crippen molar-refractivity contribution in [1.82, 2.24) is 4.90 Å². The number of nitrogens with zero attached hydrogens (tertiary/aromatic N) is 1. The van der Waals surface area contributed by atoms with Crippen molar-refractivity contribution < 1.29 is 9.59 Å². The Kier molecular flexibility index (Phi) is 4.76. The average molecular weight is 335 g/mol. The maximum absolute atomic E-state index is 12.5. The molecule has 0 bridgehead atoms. The number of carbonyl (C=O) groups is 2. The minimum absolute atomic E-state index is 0.106. The molecule has 130 valence electrons. The van der Waals surface area contributed by atoms with E-state index in [1.54, 1.807) is 24.3 Å². The average Bonchev–Trinajstić information content (AvgIpc) is 2.83. The van der Waals surface area contributed by atoms with Gasteiger partial charge in [-0.25, -0.2) is 0 Å². The Hall–Kier alpha value is -2.42. The summed E-state index contributed by atoms with van der Waals surface area (Å²) in [6.07, 6.45) is 1.76. The molecule has 2 amide bonds. The summed E-state index contributed by atoms with van der Waals surface area (Å²) < 4.78 is 0. The highest BCUT2D eigenvalue weighted by atomic mass is 16.2. The smallest absolute Gasteiger partial charge is 0.261 e. The molecule has 1 unspecified atom stereocenters. The number of imide groups is 1. The van der Waals surface area contributed by atoms with Crippen LogP contribution in [0.25, 0.3) is 0 Å². The van der Waals surface area contributed by atoms with Gasteiger partial charge in [-0.2, -0.15) is 0 Å². The van der Waals surface area contributed by atoms with Crippen LogP contribution in [0.3, 0.4) is 0 Å². The summed E-state index contributed by atoms with van der Waals surface area (Å²) in [4.78, 5) is 26.5. The number of rotatable bonds is 5. The SMILES string of the molecule is CC(C)(C)C(CCN1C(=O)c2ccccc2C1=O)Cc1ccccc1. The second kappa shape index (κ2) is 6.83. The van der Waals surface area contributed by atoms with Crippen LogP contribution in [0.15, 0.2) is 54.6 Å². The van der Waals surface area contributed by atoms with Gasteiger partial charge < -0.3 is 0 Å².